The molecular formula is C15H14N4. The molecule has 4 nitrogen and oxygen atoms in total. The molecule has 1 aromatic heterocycles. The van der Waals surface area contributed by atoms with Crippen molar-refractivity contribution in [2.75, 3.05) is 5.43 Å². The molecule has 3 aromatic rings. The van der Waals surface area contributed by atoms with Crippen molar-refractivity contribution in [2.45, 2.75) is 6.92 Å². The molecule has 0 saturated carbocycles. The van der Waals surface area contributed by atoms with Gasteiger partial charge in [-0.2, -0.15) is 5.10 Å². The van der Waals surface area contributed by atoms with E-state index in [1.165, 1.54) is 0 Å². The molecular weight excluding hydrogens is 236 g/mol. The van der Waals surface area contributed by atoms with Crippen molar-refractivity contribution in [1.29, 1.82) is 0 Å². The van der Waals surface area contributed by atoms with Crippen LogP contribution in [-0.4, -0.2) is 16.2 Å². The van der Waals surface area contributed by atoms with Gasteiger partial charge in [0, 0.05) is 0 Å². The van der Waals surface area contributed by atoms with Crippen molar-refractivity contribution in [1.82, 2.24) is 9.97 Å². The summed E-state index contributed by atoms with van der Waals surface area (Å²) in [4.78, 5) is 7.65. The van der Waals surface area contributed by atoms with Gasteiger partial charge in [-0.05, 0) is 24.1 Å². The van der Waals surface area contributed by atoms with Crippen LogP contribution in [-0.2, 0) is 0 Å². The van der Waals surface area contributed by atoms with Gasteiger partial charge in [-0.15, -0.1) is 0 Å². The third kappa shape index (κ3) is 2.47. The fourth-order valence-corrected chi connectivity index (χ4v) is 1.94. The maximum atomic E-state index is 4.46. The van der Waals surface area contributed by atoms with E-state index in [1.807, 2.05) is 55.5 Å². The van der Waals surface area contributed by atoms with Crippen LogP contribution in [0.25, 0.3) is 11.0 Å². The summed E-state index contributed by atoms with van der Waals surface area (Å²) >= 11 is 0. The number of hydrogen-bond acceptors (Lipinski definition) is 3. The Labute approximate surface area is 111 Å². The van der Waals surface area contributed by atoms with Gasteiger partial charge in [0.15, 0.2) is 0 Å². The number of aromatic amines is 1. The summed E-state index contributed by atoms with van der Waals surface area (Å²) in [7, 11) is 0. The number of fused-ring (bicyclic) bond motifs is 1. The minimum atomic E-state index is 0.650. The monoisotopic (exact) mass is 250 g/mol. The van der Waals surface area contributed by atoms with E-state index in [-0.39, 0.29) is 0 Å². The van der Waals surface area contributed by atoms with Crippen LogP contribution in [0.3, 0.4) is 0 Å². The van der Waals surface area contributed by atoms with Crippen molar-refractivity contribution >= 4 is 23.2 Å². The largest absolute Gasteiger partial charge is 0.323 e. The highest BCUT2D eigenvalue weighted by Gasteiger charge is 2.02. The van der Waals surface area contributed by atoms with E-state index in [9.17, 15) is 0 Å². The summed E-state index contributed by atoms with van der Waals surface area (Å²) in [5, 5.41) is 4.17. The highest BCUT2D eigenvalue weighted by Crippen LogP contribution is 2.17. The molecule has 2 aromatic carbocycles. The number of nitrogens with one attached hydrogen (secondary N) is 2. The highest BCUT2D eigenvalue weighted by molar-refractivity contribution is 5.82. The molecule has 0 unspecified atom stereocenters. The van der Waals surface area contributed by atoms with E-state index in [0.717, 1.165) is 22.2 Å². The first-order chi connectivity index (χ1) is 9.33. The first-order valence-electron chi connectivity index (χ1n) is 6.12. The number of benzene rings is 2. The molecule has 0 atom stereocenters. The van der Waals surface area contributed by atoms with Gasteiger partial charge in [-0.3, -0.25) is 0 Å². The number of H-pyrrole nitrogens is 1. The molecule has 0 fully saturated rings. The minimum Gasteiger partial charge on any atom is -0.323 e. The van der Waals surface area contributed by atoms with E-state index in [4.69, 9.17) is 0 Å². The zero-order valence-corrected chi connectivity index (χ0v) is 10.6. The molecule has 4 heteroatoms. The van der Waals surface area contributed by atoms with E-state index in [1.54, 1.807) is 6.21 Å². The molecule has 0 radical (unpaired) electrons. The van der Waals surface area contributed by atoms with Crippen LogP contribution in [0, 0.1) is 6.92 Å². The predicted octanol–water partition coefficient (Wildman–Crippen LogP) is 3.32. The molecule has 94 valence electrons. The third-order valence-electron chi connectivity index (χ3n) is 2.90. The SMILES string of the molecule is Cc1cccc2[nH]c(N/N=C/c3ccccc3)nc12. The number of rotatable bonds is 3. The molecule has 19 heavy (non-hydrogen) atoms. The number of para-hydroxylation sites is 1. The summed E-state index contributed by atoms with van der Waals surface area (Å²) in [5.74, 6) is 0.650. The first kappa shape index (κ1) is 11.5. The van der Waals surface area contributed by atoms with Crippen molar-refractivity contribution in [3.05, 3.63) is 59.7 Å². The molecule has 3 rings (SSSR count). The molecule has 0 aliphatic heterocycles. The molecule has 0 aliphatic carbocycles. The molecule has 0 aliphatic rings. The fraction of sp³-hybridized carbons (Fsp3) is 0.0667. The number of anilines is 1. The summed E-state index contributed by atoms with van der Waals surface area (Å²) in [5.41, 5.74) is 7.09. The number of nitrogens with zero attached hydrogens (tertiary/aromatic N) is 2. The van der Waals surface area contributed by atoms with E-state index in [0.29, 0.717) is 5.95 Å². The Kier molecular flexibility index (Phi) is 2.98. The topological polar surface area (TPSA) is 53.1 Å². The maximum Gasteiger partial charge on any atom is 0.222 e. The number of aryl methyl sites for hydroxylation is 1. The second kappa shape index (κ2) is 4.94. The predicted molar refractivity (Wildman–Crippen MR) is 78.5 cm³/mol. The molecule has 0 bridgehead atoms. The average molecular weight is 250 g/mol. The number of hydrazone groups is 1. The Morgan fingerprint density at radius 2 is 1.95 bits per heavy atom. The Bertz CT molecular complexity index is 713. The lowest BCUT2D eigenvalue weighted by atomic mass is 10.2. The Morgan fingerprint density at radius 1 is 1.11 bits per heavy atom. The first-order valence-corrected chi connectivity index (χ1v) is 6.12. The Balaban J connectivity index is 1.79. The zero-order chi connectivity index (χ0) is 13.1. The second-order valence-electron chi connectivity index (χ2n) is 4.34. The van der Waals surface area contributed by atoms with Crippen molar-refractivity contribution in [2.24, 2.45) is 5.10 Å². The third-order valence-corrected chi connectivity index (χ3v) is 2.90. The van der Waals surface area contributed by atoms with Crippen LogP contribution in [0.1, 0.15) is 11.1 Å². The van der Waals surface area contributed by atoms with Crippen molar-refractivity contribution in [3.63, 3.8) is 0 Å². The number of imidazole rings is 1. The van der Waals surface area contributed by atoms with Crippen LogP contribution < -0.4 is 5.43 Å². The van der Waals surface area contributed by atoms with Gasteiger partial charge in [0.1, 0.15) is 0 Å². The quantitative estimate of drug-likeness (QED) is 0.553. The van der Waals surface area contributed by atoms with Crippen LogP contribution in [0.2, 0.25) is 0 Å². The van der Waals surface area contributed by atoms with Gasteiger partial charge in [0.2, 0.25) is 5.95 Å². The number of aromatic nitrogens is 2. The van der Waals surface area contributed by atoms with E-state index < -0.39 is 0 Å². The normalized spacial score (nSPS) is 11.2. The van der Waals surface area contributed by atoms with Gasteiger partial charge in [0.05, 0.1) is 17.2 Å². The van der Waals surface area contributed by atoms with Gasteiger partial charge in [-0.25, -0.2) is 10.4 Å². The molecule has 0 spiro atoms. The standard InChI is InChI=1S/C15H14N4/c1-11-6-5-9-13-14(11)18-15(17-13)19-16-10-12-7-3-2-4-8-12/h2-10H,1H3,(H2,17,18,19)/b16-10+. The van der Waals surface area contributed by atoms with Gasteiger partial charge in [0.25, 0.3) is 0 Å². The van der Waals surface area contributed by atoms with Gasteiger partial charge >= 0.3 is 0 Å². The average Bonchev–Trinajstić information content (AvgIpc) is 2.84. The summed E-state index contributed by atoms with van der Waals surface area (Å²) in [6, 6.07) is 16.0. The lowest BCUT2D eigenvalue weighted by Gasteiger charge is -1.93. The van der Waals surface area contributed by atoms with Crippen LogP contribution in [0.15, 0.2) is 53.6 Å². The zero-order valence-electron chi connectivity index (χ0n) is 10.6. The maximum absolute atomic E-state index is 4.46. The van der Waals surface area contributed by atoms with Crippen molar-refractivity contribution in [3.8, 4) is 0 Å². The number of hydrogen-bond donors (Lipinski definition) is 2. The fourth-order valence-electron chi connectivity index (χ4n) is 1.94. The summed E-state index contributed by atoms with van der Waals surface area (Å²) < 4.78 is 0. The summed E-state index contributed by atoms with van der Waals surface area (Å²) in [6.07, 6.45) is 1.76. The minimum absolute atomic E-state index is 0.650. The van der Waals surface area contributed by atoms with E-state index in [2.05, 4.69) is 20.5 Å². The molecule has 2 N–H and O–H groups in total. The lowest BCUT2D eigenvalue weighted by Crippen LogP contribution is -1.91. The smallest absolute Gasteiger partial charge is 0.222 e. The molecule has 0 saturated heterocycles. The summed E-state index contributed by atoms with van der Waals surface area (Å²) in [6.45, 7) is 2.04. The van der Waals surface area contributed by atoms with Crippen LogP contribution >= 0.6 is 0 Å². The highest BCUT2D eigenvalue weighted by atomic mass is 15.3. The van der Waals surface area contributed by atoms with Crippen LogP contribution in [0.5, 0.6) is 0 Å². The van der Waals surface area contributed by atoms with Gasteiger partial charge < -0.3 is 4.98 Å². The van der Waals surface area contributed by atoms with Crippen LogP contribution in [0.4, 0.5) is 5.95 Å². The van der Waals surface area contributed by atoms with Crippen molar-refractivity contribution < 1.29 is 0 Å². The Morgan fingerprint density at radius 3 is 2.74 bits per heavy atom. The second-order valence-corrected chi connectivity index (χ2v) is 4.34. The molecule has 1 heterocycles. The lowest BCUT2D eigenvalue weighted by molar-refractivity contribution is 1.21. The Hall–Kier alpha value is -2.62. The molecule has 0 amide bonds. The van der Waals surface area contributed by atoms with Gasteiger partial charge in [-0.1, -0.05) is 42.5 Å². The van der Waals surface area contributed by atoms with E-state index >= 15 is 0 Å².